The summed E-state index contributed by atoms with van der Waals surface area (Å²) in [6.07, 6.45) is 0.682. The van der Waals surface area contributed by atoms with Crippen LogP contribution in [0.25, 0.3) is 10.4 Å². The predicted octanol–water partition coefficient (Wildman–Crippen LogP) is 3.03. The molecule has 0 saturated carbocycles. The Hall–Kier alpha value is -1.39. The van der Waals surface area contributed by atoms with E-state index in [2.05, 4.69) is 26.0 Å². The van der Waals surface area contributed by atoms with Gasteiger partial charge in [0.05, 0.1) is 0 Å². The Balaban J connectivity index is 2.20. The van der Waals surface area contributed by atoms with Gasteiger partial charge in [-0.2, -0.15) is 0 Å². The van der Waals surface area contributed by atoms with Crippen molar-refractivity contribution in [2.45, 2.75) is 6.42 Å². The first kappa shape index (κ1) is 10.1. The highest BCUT2D eigenvalue weighted by Gasteiger charge is 2.15. The number of azide groups is 1. The Morgan fingerprint density at radius 2 is 2.13 bits per heavy atom. The number of nitrogens with zero attached hydrogens (tertiary/aromatic N) is 3. The third-order valence-electron chi connectivity index (χ3n) is 2.09. The van der Waals surface area contributed by atoms with Crippen LogP contribution in [0.3, 0.4) is 0 Å². The highest BCUT2D eigenvalue weighted by molar-refractivity contribution is 9.10. The lowest BCUT2D eigenvalue weighted by atomic mass is 10.1. The largest absolute Gasteiger partial charge is 0.454 e. The molecule has 1 heterocycles. The van der Waals surface area contributed by atoms with Crippen molar-refractivity contribution in [3.05, 3.63) is 32.6 Å². The van der Waals surface area contributed by atoms with E-state index < -0.39 is 0 Å². The monoisotopic (exact) mass is 269 g/mol. The van der Waals surface area contributed by atoms with Crippen LogP contribution in [0.4, 0.5) is 0 Å². The molecule has 5 nitrogen and oxygen atoms in total. The topological polar surface area (TPSA) is 67.2 Å². The second kappa shape index (κ2) is 4.42. The van der Waals surface area contributed by atoms with E-state index >= 15 is 0 Å². The van der Waals surface area contributed by atoms with Gasteiger partial charge >= 0.3 is 0 Å². The van der Waals surface area contributed by atoms with Crippen molar-refractivity contribution in [1.82, 2.24) is 0 Å². The lowest BCUT2D eigenvalue weighted by molar-refractivity contribution is 0.174. The Kier molecular flexibility index (Phi) is 2.99. The molecule has 0 saturated heterocycles. The highest BCUT2D eigenvalue weighted by Crippen LogP contribution is 2.36. The summed E-state index contributed by atoms with van der Waals surface area (Å²) in [4.78, 5) is 2.71. The molecule has 1 aromatic rings. The van der Waals surface area contributed by atoms with Crippen LogP contribution in [0.1, 0.15) is 5.56 Å². The van der Waals surface area contributed by atoms with Gasteiger partial charge < -0.3 is 9.47 Å². The van der Waals surface area contributed by atoms with E-state index in [9.17, 15) is 0 Å². The maximum absolute atomic E-state index is 8.17. The molecule has 1 aliphatic rings. The third-order valence-corrected chi connectivity index (χ3v) is 2.82. The van der Waals surface area contributed by atoms with Gasteiger partial charge in [-0.05, 0) is 29.6 Å². The molecule has 0 N–H and O–H groups in total. The maximum atomic E-state index is 8.17. The Labute approximate surface area is 94.7 Å². The smallest absolute Gasteiger partial charge is 0.231 e. The van der Waals surface area contributed by atoms with Crippen molar-refractivity contribution in [2.75, 3.05) is 13.3 Å². The quantitative estimate of drug-likeness (QED) is 0.481. The molecular weight excluding hydrogens is 262 g/mol. The van der Waals surface area contributed by atoms with Crippen LogP contribution in [0, 0.1) is 0 Å². The fourth-order valence-electron chi connectivity index (χ4n) is 1.37. The van der Waals surface area contributed by atoms with E-state index in [1.807, 2.05) is 12.1 Å². The van der Waals surface area contributed by atoms with Crippen molar-refractivity contribution in [3.8, 4) is 11.5 Å². The van der Waals surface area contributed by atoms with Gasteiger partial charge in [0.2, 0.25) is 6.79 Å². The van der Waals surface area contributed by atoms with Gasteiger partial charge in [0.25, 0.3) is 0 Å². The molecule has 0 unspecified atom stereocenters. The molecular formula is C9H8BrN3O2. The lowest BCUT2D eigenvalue weighted by Crippen LogP contribution is -1.93. The minimum absolute atomic E-state index is 0.265. The van der Waals surface area contributed by atoms with E-state index in [0.29, 0.717) is 13.0 Å². The zero-order valence-corrected chi connectivity index (χ0v) is 9.40. The number of rotatable bonds is 3. The number of halogens is 1. The van der Waals surface area contributed by atoms with Crippen LogP contribution < -0.4 is 9.47 Å². The number of fused-ring (bicyclic) bond motifs is 1. The zero-order valence-electron chi connectivity index (χ0n) is 7.81. The number of ether oxygens (including phenoxy) is 2. The van der Waals surface area contributed by atoms with Gasteiger partial charge in [-0.3, -0.25) is 0 Å². The molecule has 1 aliphatic heterocycles. The summed E-state index contributed by atoms with van der Waals surface area (Å²) in [6, 6.07) is 3.77. The van der Waals surface area contributed by atoms with Gasteiger partial charge in [-0.25, -0.2) is 0 Å². The molecule has 0 spiro atoms. The van der Waals surface area contributed by atoms with Crippen molar-refractivity contribution in [1.29, 1.82) is 0 Å². The average Bonchev–Trinajstić information content (AvgIpc) is 2.65. The maximum Gasteiger partial charge on any atom is 0.231 e. The molecule has 0 aromatic heterocycles. The van der Waals surface area contributed by atoms with Crippen LogP contribution in [-0.2, 0) is 6.42 Å². The molecule has 78 valence electrons. The molecule has 0 aliphatic carbocycles. The second-order valence-electron chi connectivity index (χ2n) is 3.00. The molecule has 2 rings (SSSR count). The minimum atomic E-state index is 0.265. The fraction of sp³-hybridized carbons (Fsp3) is 0.333. The minimum Gasteiger partial charge on any atom is -0.454 e. The van der Waals surface area contributed by atoms with E-state index in [1.54, 1.807) is 0 Å². The normalized spacial score (nSPS) is 12.3. The van der Waals surface area contributed by atoms with Gasteiger partial charge in [0.1, 0.15) is 0 Å². The highest BCUT2D eigenvalue weighted by atomic mass is 79.9. The summed E-state index contributed by atoms with van der Waals surface area (Å²) in [5.41, 5.74) is 9.22. The molecule has 0 fully saturated rings. The first-order chi connectivity index (χ1) is 7.31. The van der Waals surface area contributed by atoms with Crippen LogP contribution >= 0.6 is 15.9 Å². The van der Waals surface area contributed by atoms with Crippen molar-refractivity contribution in [2.24, 2.45) is 5.11 Å². The summed E-state index contributed by atoms with van der Waals surface area (Å²) in [5.74, 6) is 1.49. The summed E-state index contributed by atoms with van der Waals surface area (Å²) in [7, 11) is 0. The van der Waals surface area contributed by atoms with Crippen LogP contribution in [-0.4, -0.2) is 13.3 Å². The SMILES string of the molecule is [N-]=[N+]=NCCc1cc2c(cc1Br)OCO2. The van der Waals surface area contributed by atoms with Gasteiger partial charge in [-0.1, -0.05) is 21.0 Å². The molecule has 0 bridgehead atoms. The predicted molar refractivity (Wildman–Crippen MR) is 58.0 cm³/mol. The Morgan fingerprint density at radius 1 is 1.40 bits per heavy atom. The molecule has 6 heteroatoms. The molecule has 0 atom stereocenters. The Bertz CT molecular complexity index is 430. The molecule has 15 heavy (non-hydrogen) atoms. The molecule has 1 aromatic carbocycles. The van der Waals surface area contributed by atoms with Crippen molar-refractivity contribution in [3.63, 3.8) is 0 Å². The van der Waals surface area contributed by atoms with Gasteiger partial charge in [0, 0.05) is 15.9 Å². The summed E-state index contributed by atoms with van der Waals surface area (Å²) in [5, 5.41) is 3.49. The van der Waals surface area contributed by atoms with Crippen LogP contribution in [0.2, 0.25) is 0 Å². The van der Waals surface area contributed by atoms with Gasteiger partial charge in [0.15, 0.2) is 11.5 Å². The van der Waals surface area contributed by atoms with E-state index in [1.165, 1.54) is 0 Å². The fourth-order valence-corrected chi connectivity index (χ4v) is 1.89. The zero-order chi connectivity index (χ0) is 10.7. The first-order valence-corrected chi connectivity index (χ1v) is 5.19. The summed E-state index contributed by atoms with van der Waals surface area (Å²) >= 11 is 3.43. The summed E-state index contributed by atoms with van der Waals surface area (Å²) in [6.45, 7) is 0.705. The number of hydrogen-bond acceptors (Lipinski definition) is 3. The van der Waals surface area contributed by atoms with Gasteiger partial charge in [-0.15, -0.1) is 0 Å². The third kappa shape index (κ3) is 2.16. The van der Waals surface area contributed by atoms with E-state index in [4.69, 9.17) is 15.0 Å². The van der Waals surface area contributed by atoms with Crippen molar-refractivity contribution < 1.29 is 9.47 Å². The molecule has 0 radical (unpaired) electrons. The Morgan fingerprint density at radius 3 is 2.87 bits per heavy atom. The summed E-state index contributed by atoms with van der Waals surface area (Å²) < 4.78 is 11.4. The first-order valence-electron chi connectivity index (χ1n) is 4.40. The number of benzene rings is 1. The average molecular weight is 270 g/mol. The van der Waals surface area contributed by atoms with E-state index in [0.717, 1.165) is 21.5 Å². The molecule has 0 amide bonds. The number of hydrogen-bond donors (Lipinski definition) is 0. The second-order valence-corrected chi connectivity index (χ2v) is 3.86. The van der Waals surface area contributed by atoms with Crippen LogP contribution in [0.15, 0.2) is 21.7 Å². The van der Waals surface area contributed by atoms with Crippen molar-refractivity contribution >= 4 is 15.9 Å². The van der Waals surface area contributed by atoms with E-state index in [-0.39, 0.29) is 6.79 Å². The lowest BCUT2D eigenvalue weighted by Gasteiger charge is -2.04. The standard InChI is InChI=1S/C9H8BrN3O2/c10-7-4-9-8(14-5-15-9)3-6(7)1-2-12-13-11/h3-4H,1-2,5H2. The van der Waals surface area contributed by atoms with Crippen LogP contribution in [0.5, 0.6) is 11.5 Å².